The van der Waals surface area contributed by atoms with Gasteiger partial charge >= 0.3 is 0 Å². The quantitative estimate of drug-likeness (QED) is 0.820. The van der Waals surface area contributed by atoms with Crippen LogP contribution >= 0.6 is 27.3 Å². The lowest BCUT2D eigenvalue weighted by molar-refractivity contribution is 0.174. The molecule has 20 heavy (non-hydrogen) atoms. The average Bonchev–Trinajstić information content (AvgIpc) is 2.83. The van der Waals surface area contributed by atoms with E-state index in [2.05, 4.69) is 70.1 Å². The summed E-state index contributed by atoms with van der Waals surface area (Å²) in [5.41, 5.74) is 1.82. The molecule has 0 bridgehead atoms. The molecule has 1 atom stereocenters. The van der Waals surface area contributed by atoms with Crippen molar-refractivity contribution >= 4 is 27.3 Å². The number of thiophene rings is 1. The first-order valence-electron chi connectivity index (χ1n) is 7.21. The van der Waals surface area contributed by atoms with Gasteiger partial charge < -0.3 is 5.32 Å². The van der Waals surface area contributed by atoms with E-state index in [1.54, 1.807) is 0 Å². The van der Waals surface area contributed by atoms with Gasteiger partial charge in [0.1, 0.15) is 0 Å². The second-order valence-corrected chi connectivity index (χ2v) is 7.47. The maximum Gasteiger partial charge on any atom is 0.0314 e. The van der Waals surface area contributed by atoms with Crippen molar-refractivity contribution in [2.24, 2.45) is 0 Å². The fraction of sp³-hybridized carbons (Fsp3) is 0.412. The van der Waals surface area contributed by atoms with Crippen LogP contribution in [0.25, 0.3) is 0 Å². The summed E-state index contributed by atoms with van der Waals surface area (Å²) in [5.74, 6) is 0. The normalized spacial score (nSPS) is 18.5. The summed E-state index contributed by atoms with van der Waals surface area (Å²) < 4.78 is 1.25. The smallest absolute Gasteiger partial charge is 0.0314 e. The standard InChI is InChI=1S/C17H20BrNS/c1-19-16(12-15-14(18)8-11-20-15)17(9-5-10-17)13-6-3-2-4-7-13/h2-4,6-8,11,16,19H,5,9-10,12H2,1H3. The Balaban J connectivity index is 1.89. The second-order valence-electron chi connectivity index (χ2n) is 5.61. The highest BCUT2D eigenvalue weighted by atomic mass is 79.9. The largest absolute Gasteiger partial charge is 0.316 e. The topological polar surface area (TPSA) is 12.0 Å². The Bertz CT molecular complexity index is 559. The van der Waals surface area contributed by atoms with Gasteiger partial charge in [0.05, 0.1) is 0 Å². The van der Waals surface area contributed by atoms with Gasteiger partial charge in [-0.2, -0.15) is 0 Å². The number of hydrogen-bond donors (Lipinski definition) is 1. The molecule has 1 nitrogen and oxygen atoms in total. The first kappa shape index (κ1) is 14.3. The molecule has 1 aromatic heterocycles. The molecule has 3 rings (SSSR count). The molecule has 0 spiro atoms. The molecule has 1 aromatic carbocycles. The molecule has 1 saturated carbocycles. The number of halogens is 1. The van der Waals surface area contributed by atoms with Gasteiger partial charge in [0, 0.05) is 20.8 Å². The number of nitrogens with one attached hydrogen (secondary N) is 1. The third-order valence-corrected chi connectivity index (χ3v) is 6.64. The lowest BCUT2D eigenvalue weighted by Gasteiger charge is -2.48. The molecule has 2 aromatic rings. The van der Waals surface area contributed by atoms with Crippen molar-refractivity contribution in [1.29, 1.82) is 0 Å². The first-order valence-corrected chi connectivity index (χ1v) is 8.88. The van der Waals surface area contributed by atoms with Crippen LogP contribution in [-0.4, -0.2) is 13.1 Å². The van der Waals surface area contributed by atoms with Gasteiger partial charge in [-0.3, -0.25) is 0 Å². The Kier molecular flexibility index (Phi) is 4.29. The van der Waals surface area contributed by atoms with Crippen LogP contribution in [0.15, 0.2) is 46.3 Å². The Morgan fingerprint density at radius 2 is 2.00 bits per heavy atom. The van der Waals surface area contributed by atoms with E-state index in [4.69, 9.17) is 0 Å². The zero-order valence-corrected chi connectivity index (χ0v) is 14.1. The van der Waals surface area contributed by atoms with Gasteiger partial charge in [-0.25, -0.2) is 0 Å². The summed E-state index contributed by atoms with van der Waals surface area (Å²) in [7, 11) is 2.11. The van der Waals surface area contributed by atoms with E-state index in [1.807, 2.05) is 11.3 Å². The van der Waals surface area contributed by atoms with Crippen LogP contribution in [0.5, 0.6) is 0 Å². The van der Waals surface area contributed by atoms with Crippen LogP contribution in [0.2, 0.25) is 0 Å². The molecule has 0 saturated heterocycles. The molecule has 1 fully saturated rings. The maximum atomic E-state index is 3.67. The molecular weight excluding hydrogens is 330 g/mol. The first-order chi connectivity index (χ1) is 9.76. The van der Waals surface area contributed by atoms with Crippen molar-refractivity contribution in [3.63, 3.8) is 0 Å². The number of likely N-dealkylation sites (N-methyl/N-ethyl adjacent to an activating group) is 1. The zero-order valence-electron chi connectivity index (χ0n) is 11.7. The fourth-order valence-corrected chi connectivity index (χ4v) is 4.96. The fourth-order valence-electron chi connectivity index (χ4n) is 3.40. The van der Waals surface area contributed by atoms with Gasteiger partial charge in [0.15, 0.2) is 0 Å². The molecule has 106 valence electrons. The van der Waals surface area contributed by atoms with Crippen LogP contribution in [0.1, 0.15) is 29.7 Å². The van der Waals surface area contributed by atoms with E-state index in [0.717, 1.165) is 6.42 Å². The van der Waals surface area contributed by atoms with Gasteiger partial charge in [0.25, 0.3) is 0 Å². The molecule has 0 aliphatic heterocycles. The predicted octanol–water partition coefficient (Wildman–Crippen LogP) is 4.76. The average molecular weight is 350 g/mol. The van der Waals surface area contributed by atoms with E-state index in [1.165, 1.54) is 34.2 Å². The van der Waals surface area contributed by atoms with Gasteiger partial charge in [-0.15, -0.1) is 11.3 Å². The monoisotopic (exact) mass is 349 g/mol. The van der Waals surface area contributed by atoms with E-state index < -0.39 is 0 Å². The Labute approximate surface area is 133 Å². The third kappa shape index (κ3) is 2.47. The Hall–Kier alpha value is -0.640. The van der Waals surface area contributed by atoms with Crippen LogP contribution < -0.4 is 5.32 Å². The number of rotatable bonds is 5. The molecular formula is C17H20BrNS. The summed E-state index contributed by atoms with van der Waals surface area (Å²) in [6.07, 6.45) is 5.04. The predicted molar refractivity (Wildman–Crippen MR) is 90.5 cm³/mol. The van der Waals surface area contributed by atoms with Crippen LogP contribution in [0.3, 0.4) is 0 Å². The van der Waals surface area contributed by atoms with Crippen molar-refractivity contribution in [1.82, 2.24) is 5.32 Å². The van der Waals surface area contributed by atoms with E-state index in [9.17, 15) is 0 Å². The Morgan fingerprint density at radius 1 is 1.25 bits per heavy atom. The molecule has 0 amide bonds. The highest BCUT2D eigenvalue weighted by Crippen LogP contribution is 2.47. The minimum atomic E-state index is 0.319. The van der Waals surface area contributed by atoms with Gasteiger partial charge in [-0.1, -0.05) is 36.8 Å². The van der Waals surface area contributed by atoms with Crippen molar-refractivity contribution in [2.45, 2.75) is 37.1 Å². The molecule has 1 N–H and O–H groups in total. The maximum absolute atomic E-state index is 3.67. The summed E-state index contributed by atoms with van der Waals surface area (Å²) >= 11 is 5.52. The number of benzene rings is 1. The zero-order chi connectivity index (χ0) is 14.0. The van der Waals surface area contributed by atoms with Crippen molar-refractivity contribution in [3.8, 4) is 0 Å². The third-order valence-electron chi connectivity index (χ3n) is 4.69. The molecule has 0 radical (unpaired) electrons. The van der Waals surface area contributed by atoms with Gasteiger partial charge in [-0.05, 0) is 59.2 Å². The molecule has 3 heteroatoms. The summed E-state index contributed by atoms with van der Waals surface area (Å²) in [6, 6.07) is 13.7. The molecule has 1 aliphatic carbocycles. The molecule has 1 heterocycles. The minimum Gasteiger partial charge on any atom is -0.316 e. The SMILES string of the molecule is CNC(Cc1sccc1Br)C1(c2ccccc2)CCC1. The summed E-state index contributed by atoms with van der Waals surface area (Å²) in [5, 5.41) is 5.76. The number of hydrogen-bond acceptors (Lipinski definition) is 2. The van der Waals surface area contributed by atoms with Crippen molar-refractivity contribution in [3.05, 3.63) is 56.7 Å². The lowest BCUT2D eigenvalue weighted by atomic mass is 9.59. The Morgan fingerprint density at radius 3 is 2.50 bits per heavy atom. The van der Waals surface area contributed by atoms with Crippen LogP contribution in [0, 0.1) is 0 Å². The summed E-state index contributed by atoms with van der Waals surface area (Å²) in [4.78, 5) is 1.45. The molecule has 1 unspecified atom stereocenters. The van der Waals surface area contributed by atoms with Crippen molar-refractivity contribution in [2.75, 3.05) is 7.05 Å². The highest BCUT2D eigenvalue weighted by molar-refractivity contribution is 9.10. The van der Waals surface area contributed by atoms with E-state index in [-0.39, 0.29) is 0 Å². The van der Waals surface area contributed by atoms with E-state index in [0.29, 0.717) is 11.5 Å². The summed E-state index contributed by atoms with van der Waals surface area (Å²) in [6.45, 7) is 0. The van der Waals surface area contributed by atoms with Crippen LogP contribution in [0.4, 0.5) is 0 Å². The highest BCUT2D eigenvalue weighted by Gasteiger charge is 2.44. The van der Waals surface area contributed by atoms with Gasteiger partial charge in [0.2, 0.25) is 0 Å². The lowest BCUT2D eigenvalue weighted by Crippen LogP contribution is -2.52. The second kappa shape index (κ2) is 6.00. The van der Waals surface area contributed by atoms with Crippen molar-refractivity contribution < 1.29 is 0 Å². The minimum absolute atomic E-state index is 0.319. The molecule has 1 aliphatic rings. The van der Waals surface area contributed by atoms with E-state index >= 15 is 0 Å². The van der Waals surface area contributed by atoms with Crippen LogP contribution in [-0.2, 0) is 11.8 Å².